The lowest BCUT2D eigenvalue weighted by molar-refractivity contribution is -0.132. The minimum atomic E-state index is -3.45. The number of hydrogen-bond donors (Lipinski definition) is 0. The molecular formula is C18H18FNO4S. The van der Waals surface area contributed by atoms with Gasteiger partial charge >= 0.3 is 0 Å². The normalized spacial score (nSPS) is 17.5. The van der Waals surface area contributed by atoms with Gasteiger partial charge in [0.2, 0.25) is 0 Å². The maximum absolute atomic E-state index is 12.8. The number of rotatable bonds is 5. The molecule has 1 heterocycles. The van der Waals surface area contributed by atoms with Gasteiger partial charge in [0.1, 0.15) is 11.6 Å². The molecule has 0 spiro atoms. The summed E-state index contributed by atoms with van der Waals surface area (Å²) in [5.74, 6) is -0.273. The molecule has 132 valence electrons. The number of carbonyl (C=O) groups excluding carboxylic acids is 1. The summed E-state index contributed by atoms with van der Waals surface area (Å²) >= 11 is 0. The van der Waals surface area contributed by atoms with E-state index >= 15 is 0 Å². The van der Waals surface area contributed by atoms with Crippen molar-refractivity contribution in [3.63, 3.8) is 0 Å². The fourth-order valence-corrected chi connectivity index (χ4v) is 4.49. The molecule has 1 amide bonds. The highest BCUT2D eigenvalue weighted by Crippen LogP contribution is 2.24. The highest BCUT2D eigenvalue weighted by molar-refractivity contribution is 7.92. The van der Waals surface area contributed by atoms with Crippen LogP contribution in [0.4, 0.5) is 4.39 Å². The van der Waals surface area contributed by atoms with E-state index in [1.54, 1.807) is 30.3 Å². The zero-order valence-corrected chi connectivity index (χ0v) is 14.3. The van der Waals surface area contributed by atoms with Crippen LogP contribution in [0.5, 0.6) is 5.75 Å². The van der Waals surface area contributed by atoms with Crippen LogP contribution in [0.3, 0.4) is 0 Å². The number of benzene rings is 2. The standard InChI is InChI=1S/C18H18FNO4S/c19-14-6-8-15(9-7-14)24-13-18(21)20-11-10-17(12-20)25(22,23)16-4-2-1-3-5-16/h1-9,17H,10-13H2. The third kappa shape index (κ3) is 3.99. The first-order chi connectivity index (χ1) is 12.0. The van der Waals surface area contributed by atoms with Crippen LogP contribution in [-0.4, -0.2) is 44.2 Å². The van der Waals surface area contributed by atoms with Crippen LogP contribution >= 0.6 is 0 Å². The van der Waals surface area contributed by atoms with Crippen LogP contribution in [-0.2, 0) is 14.6 Å². The van der Waals surface area contributed by atoms with E-state index in [0.717, 1.165) is 0 Å². The van der Waals surface area contributed by atoms with Gasteiger partial charge in [-0.15, -0.1) is 0 Å². The van der Waals surface area contributed by atoms with E-state index < -0.39 is 15.1 Å². The zero-order valence-electron chi connectivity index (χ0n) is 13.5. The maximum atomic E-state index is 12.8. The van der Waals surface area contributed by atoms with Gasteiger partial charge in [0.25, 0.3) is 5.91 Å². The molecule has 1 unspecified atom stereocenters. The molecule has 1 fully saturated rings. The van der Waals surface area contributed by atoms with Crippen LogP contribution in [0.25, 0.3) is 0 Å². The molecule has 7 heteroatoms. The van der Waals surface area contributed by atoms with Crippen molar-refractivity contribution in [3.05, 3.63) is 60.4 Å². The Balaban J connectivity index is 1.58. The van der Waals surface area contributed by atoms with Crippen molar-refractivity contribution in [1.82, 2.24) is 4.90 Å². The summed E-state index contributed by atoms with van der Waals surface area (Å²) in [4.78, 5) is 14.0. The maximum Gasteiger partial charge on any atom is 0.260 e. The minimum Gasteiger partial charge on any atom is -0.484 e. The van der Waals surface area contributed by atoms with Crippen molar-refractivity contribution in [2.24, 2.45) is 0 Å². The molecule has 25 heavy (non-hydrogen) atoms. The summed E-state index contributed by atoms with van der Waals surface area (Å²) in [7, 11) is -3.45. The number of hydrogen-bond acceptors (Lipinski definition) is 4. The summed E-state index contributed by atoms with van der Waals surface area (Å²) in [6, 6.07) is 13.6. The zero-order chi connectivity index (χ0) is 17.9. The molecule has 5 nitrogen and oxygen atoms in total. The van der Waals surface area contributed by atoms with Crippen LogP contribution in [0, 0.1) is 5.82 Å². The Hall–Kier alpha value is -2.41. The second-order valence-electron chi connectivity index (χ2n) is 5.85. The van der Waals surface area contributed by atoms with Gasteiger partial charge < -0.3 is 9.64 Å². The lowest BCUT2D eigenvalue weighted by Crippen LogP contribution is -2.35. The lowest BCUT2D eigenvalue weighted by atomic mass is 10.3. The molecule has 0 N–H and O–H groups in total. The number of ether oxygens (including phenoxy) is 1. The molecule has 0 aliphatic carbocycles. The summed E-state index contributed by atoms with van der Waals surface area (Å²) in [6.07, 6.45) is 0.402. The average Bonchev–Trinajstić information content (AvgIpc) is 3.13. The molecule has 1 aliphatic rings. The third-order valence-corrected chi connectivity index (χ3v) is 6.38. The van der Waals surface area contributed by atoms with E-state index in [1.165, 1.54) is 29.2 Å². The van der Waals surface area contributed by atoms with Gasteiger partial charge in [-0.1, -0.05) is 18.2 Å². The van der Waals surface area contributed by atoms with Crippen molar-refractivity contribution in [1.29, 1.82) is 0 Å². The molecule has 0 saturated carbocycles. The second kappa shape index (κ2) is 7.23. The first-order valence-corrected chi connectivity index (χ1v) is 9.46. The Kier molecular flexibility index (Phi) is 5.03. The highest BCUT2D eigenvalue weighted by atomic mass is 32.2. The summed E-state index contributed by atoms with van der Waals surface area (Å²) in [5, 5.41) is -0.607. The van der Waals surface area contributed by atoms with Gasteiger partial charge in [-0.05, 0) is 42.8 Å². The molecule has 0 radical (unpaired) electrons. The average molecular weight is 363 g/mol. The molecule has 0 bridgehead atoms. The van der Waals surface area contributed by atoms with Gasteiger partial charge in [0.15, 0.2) is 16.4 Å². The predicted octanol–water partition coefficient (Wildman–Crippen LogP) is 2.28. The molecule has 1 atom stereocenters. The van der Waals surface area contributed by atoms with Crippen LogP contribution in [0.2, 0.25) is 0 Å². The van der Waals surface area contributed by atoms with Gasteiger partial charge in [-0.3, -0.25) is 4.79 Å². The Morgan fingerprint density at radius 3 is 2.48 bits per heavy atom. The van der Waals surface area contributed by atoms with Gasteiger partial charge in [-0.2, -0.15) is 0 Å². The third-order valence-electron chi connectivity index (χ3n) is 4.18. The first kappa shape index (κ1) is 17.4. The first-order valence-electron chi connectivity index (χ1n) is 7.92. The highest BCUT2D eigenvalue weighted by Gasteiger charge is 2.36. The van der Waals surface area contributed by atoms with Gasteiger partial charge in [0, 0.05) is 13.1 Å². The topological polar surface area (TPSA) is 63.7 Å². The van der Waals surface area contributed by atoms with E-state index in [2.05, 4.69) is 0 Å². The monoisotopic (exact) mass is 363 g/mol. The smallest absolute Gasteiger partial charge is 0.260 e. The van der Waals surface area contributed by atoms with Gasteiger partial charge in [-0.25, -0.2) is 12.8 Å². The second-order valence-corrected chi connectivity index (χ2v) is 8.08. The van der Waals surface area contributed by atoms with E-state index in [4.69, 9.17) is 4.74 Å². The minimum absolute atomic E-state index is 0.156. The van der Waals surface area contributed by atoms with E-state index in [-0.39, 0.29) is 29.8 Å². The quantitative estimate of drug-likeness (QED) is 0.818. The van der Waals surface area contributed by atoms with Crippen LogP contribution in [0.1, 0.15) is 6.42 Å². The van der Waals surface area contributed by atoms with Crippen LogP contribution in [0.15, 0.2) is 59.5 Å². The molecule has 3 rings (SSSR count). The largest absolute Gasteiger partial charge is 0.484 e. The van der Waals surface area contributed by atoms with Crippen molar-refractivity contribution in [2.75, 3.05) is 19.7 Å². The Labute approximate surface area is 145 Å². The summed E-state index contributed by atoms with van der Waals surface area (Å²) in [5.41, 5.74) is 0. The lowest BCUT2D eigenvalue weighted by Gasteiger charge is -2.17. The number of amides is 1. The van der Waals surface area contributed by atoms with Crippen molar-refractivity contribution >= 4 is 15.7 Å². The molecule has 0 aromatic heterocycles. The molecule has 2 aromatic carbocycles. The SMILES string of the molecule is O=C(COc1ccc(F)cc1)N1CCC(S(=O)(=O)c2ccccc2)C1. The number of halogens is 1. The Morgan fingerprint density at radius 1 is 1.12 bits per heavy atom. The van der Waals surface area contributed by atoms with Crippen LogP contribution < -0.4 is 4.74 Å². The Morgan fingerprint density at radius 2 is 1.80 bits per heavy atom. The molecule has 1 aliphatic heterocycles. The van der Waals surface area contributed by atoms with Crippen molar-refractivity contribution in [3.8, 4) is 5.75 Å². The van der Waals surface area contributed by atoms with E-state index in [9.17, 15) is 17.6 Å². The van der Waals surface area contributed by atoms with E-state index in [0.29, 0.717) is 18.7 Å². The molecule has 1 saturated heterocycles. The summed E-state index contributed by atoms with van der Waals surface area (Å²) < 4.78 is 43.4. The number of carbonyl (C=O) groups is 1. The molecular weight excluding hydrogens is 345 g/mol. The number of sulfone groups is 1. The van der Waals surface area contributed by atoms with Crippen molar-refractivity contribution < 1.29 is 22.3 Å². The fourth-order valence-electron chi connectivity index (χ4n) is 2.78. The molecule has 2 aromatic rings. The van der Waals surface area contributed by atoms with Gasteiger partial charge in [0.05, 0.1) is 10.1 Å². The number of nitrogens with zero attached hydrogens (tertiary/aromatic N) is 1. The number of likely N-dealkylation sites (tertiary alicyclic amines) is 1. The van der Waals surface area contributed by atoms with Crippen molar-refractivity contribution in [2.45, 2.75) is 16.6 Å². The fraction of sp³-hybridized carbons (Fsp3) is 0.278. The predicted molar refractivity (Wildman–Crippen MR) is 90.5 cm³/mol. The summed E-state index contributed by atoms with van der Waals surface area (Å²) in [6.45, 7) is 0.328. The Bertz CT molecular complexity index is 837. The van der Waals surface area contributed by atoms with E-state index in [1.807, 2.05) is 0 Å².